The number of nitrogens with one attached hydrogen (secondary N) is 1. The van der Waals surface area contributed by atoms with E-state index in [1.165, 1.54) is 17.5 Å². The molecule has 1 N–H and O–H groups in total. The molecular weight excluding hydrogens is 328 g/mol. The summed E-state index contributed by atoms with van der Waals surface area (Å²) >= 11 is 0. The number of fused-ring (bicyclic) bond motifs is 1. The van der Waals surface area contributed by atoms with Gasteiger partial charge in [0, 0.05) is 24.3 Å². The van der Waals surface area contributed by atoms with Crippen LogP contribution in [-0.4, -0.2) is 25.5 Å². The third kappa shape index (κ3) is 3.17. The molecule has 2 aromatic carbocycles. The number of hydrogen-bond acceptors (Lipinski definition) is 3. The van der Waals surface area contributed by atoms with Crippen LogP contribution >= 0.6 is 0 Å². The predicted molar refractivity (Wildman–Crippen MR) is 101 cm³/mol. The number of carbonyl (C=O) groups is 2. The van der Waals surface area contributed by atoms with Crippen LogP contribution in [0.1, 0.15) is 24.0 Å². The second-order valence-electron chi connectivity index (χ2n) is 6.93. The van der Waals surface area contributed by atoms with E-state index in [-0.39, 0.29) is 24.2 Å². The zero-order valence-corrected chi connectivity index (χ0v) is 14.8. The number of nitrogens with zero attached hydrogens (tertiary/aromatic N) is 1. The monoisotopic (exact) mass is 350 g/mol. The lowest BCUT2D eigenvalue weighted by atomic mass is 10.1. The molecule has 134 valence electrons. The number of anilines is 2. The largest absolute Gasteiger partial charge is 0.497 e. The molecule has 1 saturated heterocycles. The topological polar surface area (TPSA) is 58.6 Å². The fraction of sp³-hybridized carbons (Fsp3) is 0.333. The molecule has 1 heterocycles. The number of hydrogen-bond donors (Lipinski definition) is 1. The molecule has 0 bridgehead atoms. The average molecular weight is 350 g/mol. The maximum absolute atomic E-state index is 12.6. The van der Waals surface area contributed by atoms with E-state index in [9.17, 15) is 9.59 Å². The number of methoxy groups -OCH3 is 1. The molecule has 2 aromatic rings. The van der Waals surface area contributed by atoms with Crippen molar-refractivity contribution in [3.05, 3.63) is 53.6 Å². The summed E-state index contributed by atoms with van der Waals surface area (Å²) in [6.45, 7) is 0.405. The average Bonchev–Trinajstić information content (AvgIpc) is 3.28. The van der Waals surface area contributed by atoms with Gasteiger partial charge in [0.1, 0.15) is 5.75 Å². The van der Waals surface area contributed by atoms with Crippen LogP contribution in [0.3, 0.4) is 0 Å². The molecule has 0 radical (unpaired) electrons. The molecule has 1 aliphatic carbocycles. The Balaban J connectivity index is 1.43. The molecule has 0 aromatic heterocycles. The van der Waals surface area contributed by atoms with Crippen molar-refractivity contribution in [2.75, 3.05) is 23.9 Å². The van der Waals surface area contributed by atoms with Gasteiger partial charge < -0.3 is 15.0 Å². The van der Waals surface area contributed by atoms with Crippen LogP contribution < -0.4 is 15.0 Å². The van der Waals surface area contributed by atoms with E-state index < -0.39 is 0 Å². The molecule has 0 unspecified atom stereocenters. The van der Waals surface area contributed by atoms with Gasteiger partial charge in [-0.25, -0.2) is 0 Å². The van der Waals surface area contributed by atoms with Crippen molar-refractivity contribution in [2.45, 2.75) is 25.7 Å². The van der Waals surface area contributed by atoms with Gasteiger partial charge in [0.2, 0.25) is 11.8 Å². The van der Waals surface area contributed by atoms with Gasteiger partial charge in [0.05, 0.1) is 13.0 Å². The molecule has 1 fully saturated rings. The number of carbonyl (C=O) groups excluding carboxylic acids is 2. The Morgan fingerprint density at radius 3 is 2.65 bits per heavy atom. The summed E-state index contributed by atoms with van der Waals surface area (Å²) in [6, 6.07) is 13.5. The molecule has 5 heteroatoms. The third-order valence-electron chi connectivity index (χ3n) is 5.25. The van der Waals surface area contributed by atoms with Gasteiger partial charge in [-0.15, -0.1) is 0 Å². The van der Waals surface area contributed by atoms with E-state index in [1.54, 1.807) is 12.0 Å². The maximum Gasteiger partial charge on any atom is 0.229 e. The standard InChI is InChI=1S/C21H22N2O3/c1-26-19-9-7-18(8-10-19)23-13-16(12-20(23)24)21(25)22-17-6-5-14-3-2-4-15(14)11-17/h5-11,16H,2-4,12-13H2,1H3,(H,22,25)/t16-/m1/s1. The Labute approximate surface area is 153 Å². The lowest BCUT2D eigenvalue weighted by molar-refractivity contribution is -0.122. The maximum atomic E-state index is 12.6. The van der Waals surface area contributed by atoms with Crippen molar-refractivity contribution in [1.29, 1.82) is 0 Å². The minimum absolute atomic E-state index is 0.0238. The van der Waals surface area contributed by atoms with Crippen molar-refractivity contribution < 1.29 is 14.3 Å². The fourth-order valence-corrected chi connectivity index (χ4v) is 3.79. The lowest BCUT2D eigenvalue weighted by Crippen LogP contribution is -2.28. The summed E-state index contributed by atoms with van der Waals surface area (Å²) in [6.07, 6.45) is 3.62. The van der Waals surface area contributed by atoms with Crippen molar-refractivity contribution in [3.63, 3.8) is 0 Å². The fourth-order valence-electron chi connectivity index (χ4n) is 3.79. The van der Waals surface area contributed by atoms with Crippen LogP contribution in [0.4, 0.5) is 11.4 Å². The van der Waals surface area contributed by atoms with Gasteiger partial charge in [0.25, 0.3) is 0 Å². The first-order valence-corrected chi connectivity index (χ1v) is 9.01. The Kier molecular flexibility index (Phi) is 4.37. The van der Waals surface area contributed by atoms with Crippen LogP contribution in [0.5, 0.6) is 5.75 Å². The zero-order chi connectivity index (χ0) is 18.1. The number of benzene rings is 2. The summed E-state index contributed by atoms with van der Waals surface area (Å²) in [4.78, 5) is 26.7. The normalized spacial score (nSPS) is 18.7. The van der Waals surface area contributed by atoms with Gasteiger partial charge in [0.15, 0.2) is 0 Å². The van der Waals surface area contributed by atoms with Gasteiger partial charge in [-0.3, -0.25) is 9.59 Å². The number of ether oxygens (including phenoxy) is 1. The molecule has 1 aliphatic heterocycles. The van der Waals surface area contributed by atoms with Gasteiger partial charge >= 0.3 is 0 Å². The highest BCUT2D eigenvalue weighted by Gasteiger charge is 2.35. The molecule has 4 rings (SSSR count). The minimum Gasteiger partial charge on any atom is -0.497 e. The van der Waals surface area contributed by atoms with Crippen LogP contribution in [0.25, 0.3) is 0 Å². The molecule has 26 heavy (non-hydrogen) atoms. The highest BCUT2D eigenvalue weighted by Crippen LogP contribution is 2.29. The second-order valence-corrected chi connectivity index (χ2v) is 6.93. The smallest absolute Gasteiger partial charge is 0.229 e. The van der Waals surface area contributed by atoms with E-state index >= 15 is 0 Å². The molecule has 2 amide bonds. The van der Waals surface area contributed by atoms with E-state index in [2.05, 4.69) is 17.4 Å². The summed E-state index contributed by atoms with van der Waals surface area (Å²) < 4.78 is 5.15. The van der Waals surface area contributed by atoms with Gasteiger partial charge in [-0.1, -0.05) is 6.07 Å². The van der Waals surface area contributed by atoms with Crippen LogP contribution in [0.15, 0.2) is 42.5 Å². The van der Waals surface area contributed by atoms with Crippen molar-refractivity contribution in [2.24, 2.45) is 5.92 Å². The zero-order valence-electron chi connectivity index (χ0n) is 14.8. The van der Waals surface area contributed by atoms with Crippen LogP contribution in [0, 0.1) is 5.92 Å². The first-order valence-electron chi connectivity index (χ1n) is 9.01. The molecule has 1 atom stereocenters. The van der Waals surface area contributed by atoms with Crippen molar-refractivity contribution in [3.8, 4) is 5.75 Å². The Bertz CT molecular complexity index is 845. The summed E-state index contributed by atoms with van der Waals surface area (Å²) in [5.74, 6) is 0.292. The molecule has 2 aliphatic rings. The van der Waals surface area contributed by atoms with Gasteiger partial charge in [-0.2, -0.15) is 0 Å². The second kappa shape index (κ2) is 6.83. The van der Waals surface area contributed by atoms with E-state index in [4.69, 9.17) is 4.74 Å². The van der Waals surface area contributed by atoms with E-state index in [0.29, 0.717) is 6.54 Å². The molecular formula is C21H22N2O3. The minimum atomic E-state index is -0.335. The first kappa shape index (κ1) is 16.6. The summed E-state index contributed by atoms with van der Waals surface area (Å²) in [5, 5.41) is 2.99. The van der Waals surface area contributed by atoms with Gasteiger partial charge in [-0.05, 0) is 66.8 Å². The third-order valence-corrected chi connectivity index (χ3v) is 5.25. The Hall–Kier alpha value is -2.82. The number of rotatable bonds is 4. The molecule has 5 nitrogen and oxygen atoms in total. The Morgan fingerprint density at radius 1 is 1.12 bits per heavy atom. The van der Waals surface area contributed by atoms with E-state index in [0.717, 1.165) is 30.0 Å². The highest BCUT2D eigenvalue weighted by atomic mass is 16.5. The van der Waals surface area contributed by atoms with Crippen LogP contribution in [-0.2, 0) is 22.4 Å². The predicted octanol–water partition coefficient (Wildman–Crippen LogP) is 3.18. The quantitative estimate of drug-likeness (QED) is 0.921. The molecule has 0 saturated carbocycles. The van der Waals surface area contributed by atoms with E-state index in [1.807, 2.05) is 30.3 Å². The molecule has 0 spiro atoms. The number of aryl methyl sites for hydroxylation is 2. The summed E-state index contributed by atoms with van der Waals surface area (Å²) in [5.41, 5.74) is 4.32. The number of amides is 2. The first-order chi connectivity index (χ1) is 12.6. The highest BCUT2D eigenvalue weighted by molar-refractivity contribution is 6.03. The van der Waals surface area contributed by atoms with Crippen molar-refractivity contribution >= 4 is 23.2 Å². The summed E-state index contributed by atoms with van der Waals surface area (Å²) in [7, 11) is 1.61. The lowest BCUT2D eigenvalue weighted by Gasteiger charge is -2.17. The SMILES string of the molecule is COc1ccc(N2C[C@H](C(=O)Nc3ccc4c(c3)CCC4)CC2=O)cc1. The van der Waals surface area contributed by atoms with Crippen LogP contribution in [0.2, 0.25) is 0 Å². The Morgan fingerprint density at radius 2 is 1.88 bits per heavy atom. The van der Waals surface area contributed by atoms with Crippen molar-refractivity contribution in [1.82, 2.24) is 0 Å².